The molecule has 0 aromatic carbocycles. The molecule has 0 bridgehead atoms. The van der Waals surface area contributed by atoms with Crippen molar-refractivity contribution in [3.05, 3.63) is 0 Å². The number of hydrogen-bond acceptors (Lipinski definition) is 2. The summed E-state index contributed by atoms with van der Waals surface area (Å²) < 4.78 is 0. The minimum absolute atomic E-state index is 0.120. The lowest BCUT2D eigenvalue weighted by atomic mass is 10.1. The summed E-state index contributed by atoms with van der Waals surface area (Å²) in [6.45, 7) is 3.70. The highest BCUT2D eigenvalue weighted by molar-refractivity contribution is 7.96. The number of thiocarbonyl (C=S) groups is 1. The molecule has 0 N–H and O–H groups in total. The Labute approximate surface area is 66.2 Å². The van der Waals surface area contributed by atoms with E-state index in [1.54, 1.807) is 6.92 Å². The number of carbonyl (C=O) groups excluding carboxylic acids is 1. The van der Waals surface area contributed by atoms with Crippen LogP contribution in [0.5, 0.6) is 0 Å². The van der Waals surface area contributed by atoms with E-state index in [0.29, 0.717) is 0 Å². The van der Waals surface area contributed by atoms with Crippen LogP contribution in [0.1, 0.15) is 20.3 Å². The minimum Gasteiger partial charge on any atom is -0.287 e. The minimum atomic E-state index is -0.122. The van der Waals surface area contributed by atoms with Gasteiger partial charge in [0.15, 0.2) is 5.12 Å². The van der Waals surface area contributed by atoms with Crippen LogP contribution in [0, 0.1) is 5.92 Å². The second kappa shape index (κ2) is 4.01. The van der Waals surface area contributed by atoms with Gasteiger partial charge in [-0.05, 0) is 13.3 Å². The van der Waals surface area contributed by atoms with Crippen molar-refractivity contribution in [2.75, 3.05) is 0 Å². The lowest BCUT2D eigenvalue weighted by molar-refractivity contribution is -0.112. The Morgan fingerprint density at radius 1 is 1.78 bits per heavy atom. The first-order valence-corrected chi connectivity index (χ1v) is 3.68. The zero-order chi connectivity index (χ0) is 7.44. The third-order valence-corrected chi connectivity index (χ3v) is 1.79. The van der Waals surface area contributed by atoms with Crippen LogP contribution in [-0.4, -0.2) is 9.98 Å². The molecule has 52 valence electrons. The van der Waals surface area contributed by atoms with Crippen molar-refractivity contribution in [1.29, 1.82) is 0 Å². The highest BCUT2D eigenvalue weighted by Gasteiger charge is 2.13. The van der Waals surface area contributed by atoms with Gasteiger partial charge in [-0.3, -0.25) is 4.79 Å². The predicted molar refractivity (Wildman–Crippen MR) is 46.0 cm³/mol. The summed E-state index contributed by atoms with van der Waals surface area (Å²) in [5.41, 5.74) is 0. The van der Waals surface area contributed by atoms with Crippen molar-refractivity contribution in [1.82, 2.24) is 0 Å². The molecule has 0 aliphatic carbocycles. The van der Waals surface area contributed by atoms with Crippen LogP contribution in [0.3, 0.4) is 0 Å². The predicted octanol–water partition coefficient (Wildman–Crippen LogP) is 1.86. The van der Waals surface area contributed by atoms with Crippen LogP contribution < -0.4 is 0 Å². The molecule has 0 saturated carbocycles. The van der Waals surface area contributed by atoms with Crippen LogP contribution in [0.25, 0.3) is 0 Å². The van der Waals surface area contributed by atoms with Gasteiger partial charge in [-0.1, -0.05) is 19.1 Å². The second-order valence-electron chi connectivity index (χ2n) is 1.91. The van der Waals surface area contributed by atoms with Crippen LogP contribution in [0.15, 0.2) is 0 Å². The zero-order valence-corrected chi connectivity index (χ0v) is 7.26. The van der Waals surface area contributed by atoms with Crippen molar-refractivity contribution in [3.63, 3.8) is 0 Å². The fourth-order valence-electron chi connectivity index (χ4n) is 0.636. The number of carbonyl (C=O) groups is 1. The Morgan fingerprint density at radius 2 is 2.22 bits per heavy atom. The van der Waals surface area contributed by atoms with E-state index in [0.717, 1.165) is 11.3 Å². The molecule has 0 aromatic rings. The molecule has 1 nitrogen and oxygen atoms in total. The first-order chi connectivity index (χ1) is 4.09. The maximum absolute atomic E-state index is 10.6. The quantitative estimate of drug-likeness (QED) is 0.504. The average Bonchev–Trinajstić information content (AvgIpc) is 1.64. The molecule has 3 heteroatoms. The molecular weight excluding hydrogens is 152 g/mol. The molecule has 0 rings (SSSR count). The number of rotatable bonds is 3. The third-order valence-electron chi connectivity index (χ3n) is 1.20. The van der Waals surface area contributed by atoms with Crippen molar-refractivity contribution in [3.8, 4) is 0 Å². The van der Waals surface area contributed by atoms with Gasteiger partial charge in [-0.2, -0.15) is 0 Å². The summed E-state index contributed by atoms with van der Waals surface area (Å²) in [7, 11) is 0. The molecule has 1 atom stereocenters. The van der Waals surface area contributed by atoms with Gasteiger partial charge in [0.1, 0.15) is 0 Å². The Bertz CT molecular complexity index is 117. The number of hydrogen-bond donors (Lipinski definition) is 1. The molecule has 0 aromatic heterocycles. The first kappa shape index (κ1) is 9.11. The fraction of sp³-hybridized carbons (Fsp3) is 0.667. The summed E-state index contributed by atoms with van der Waals surface area (Å²) in [6, 6.07) is 0. The second-order valence-corrected chi connectivity index (χ2v) is 2.99. The van der Waals surface area contributed by atoms with Crippen molar-refractivity contribution < 1.29 is 4.79 Å². The molecule has 0 spiro atoms. The largest absolute Gasteiger partial charge is 0.287 e. The lowest BCUT2D eigenvalue weighted by Crippen LogP contribution is -2.14. The Kier molecular flexibility index (Phi) is 4.06. The topological polar surface area (TPSA) is 17.1 Å². The van der Waals surface area contributed by atoms with Crippen LogP contribution in [0.2, 0.25) is 0 Å². The standard InChI is InChI=1S/C6H10OS2/c1-3-5(4(2)8)6(7)9/h5H,3H2,1-2H3,(H,7,9). The smallest absolute Gasteiger partial charge is 0.193 e. The SMILES string of the molecule is CCC(C(=O)S)C(C)=S. The maximum Gasteiger partial charge on any atom is 0.193 e. The first-order valence-electron chi connectivity index (χ1n) is 2.82. The third kappa shape index (κ3) is 2.96. The van der Waals surface area contributed by atoms with Crippen molar-refractivity contribution in [2.24, 2.45) is 5.92 Å². The van der Waals surface area contributed by atoms with E-state index in [2.05, 4.69) is 12.6 Å². The van der Waals surface area contributed by atoms with Gasteiger partial charge in [0.25, 0.3) is 0 Å². The molecule has 1 unspecified atom stereocenters. The van der Waals surface area contributed by atoms with Crippen molar-refractivity contribution >= 4 is 34.8 Å². The molecule has 9 heavy (non-hydrogen) atoms. The van der Waals surface area contributed by atoms with E-state index in [1.807, 2.05) is 6.92 Å². The molecule has 0 aliphatic heterocycles. The van der Waals surface area contributed by atoms with E-state index in [1.165, 1.54) is 0 Å². The van der Waals surface area contributed by atoms with Gasteiger partial charge in [0.2, 0.25) is 0 Å². The van der Waals surface area contributed by atoms with Gasteiger partial charge in [-0.25, -0.2) is 0 Å². The summed E-state index contributed by atoms with van der Waals surface area (Å²) in [5, 5.41) is -0.120. The molecule has 0 fully saturated rings. The summed E-state index contributed by atoms with van der Waals surface area (Å²) >= 11 is 8.51. The highest BCUT2D eigenvalue weighted by Crippen LogP contribution is 2.08. The van der Waals surface area contributed by atoms with E-state index >= 15 is 0 Å². The van der Waals surface area contributed by atoms with Crippen LogP contribution in [-0.2, 0) is 4.79 Å². The summed E-state index contributed by atoms with van der Waals surface area (Å²) in [4.78, 5) is 11.3. The van der Waals surface area contributed by atoms with E-state index in [4.69, 9.17) is 12.2 Å². The lowest BCUT2D eigenvalue weighted by Gasteiger charge is -2.05. The van der Waals surface area contributed by atoms with Crippen LogP contribution >= 0.6 is 24.8 Å². The monoisotopic (exact) mass is 162 g/mol. The molecule has 0 aliphatic rings. The maximum atomic E-state index is 10.6. The van der Waals surface area contributed by atoms with Crippen molar-refractivity contribution in [2.45, 2.75) is 20.3 Å². The van der Waals surface area contributed by atoms with E-state index in [9.17, 15) is 4.79 Å². The molecular formula is C6H10OS2. The van der Waals surface area contributed by atoms with Gasteiger partial charge in [0.05, 0.1) is 5.92 Å². The normalized spacial score (nSPS) is 12.8. The fourth-order valence-corrected chi connectivity index (χ4v) is 1.37. The summed E-state index contributed by atoms with van der Waals surface area (Å²) in [5.74, 6) is -0.122. The van der Waals surface area contributed by atoms with Gasteiger partial charge >= 0.3 is 0 Å². The van der Waals surface area contributed by atoms with Gasteiger partial charge in [0, 0.05) is 4.86 Å². The van der Waals surface area contributed by atoms with Gasteiger partial charge in [-0.15, -0.1) is 12.6 Å². The number of thiol groups is 1. The van der Waals surface area contributed by atoms with Crippen LogP contribution in [0.4, 0.5) is 0 Å². The molecule has 0 saturated heterocycles. The highest BCUT2D eigenvalue weighted by atomic mass is 32.1. The molecule has 0 radical (unpaired) electrons. The zero-order valence-electron chi connectivity index (χ0n) is 5.55. The average molecular weight is 162 g/mol. The Balaban J connectivity index is 3.99. The van der Waals surface area contributed by atoms with E-state index in [-0.39, 0.29) is 11.0 Å². The van der Waals surface area contributed by atoms with Gasteiger partial charge < -0.3 is 0 Å². The Hall–Kier alpha value is 0.110. The van der Waals surface area contributed by atoms with E-state index < -0.39 is 0 Å². The Morgan fingerprint density at radius 3 is 2.22 bits per heavy atom. The molecule has 0 amide bonds. The summed E-state index contributed by atoms with van der Waals surface area (Å²) in [6.07, 6.45) is 0.762. The molecule has 0 heterocycles.